The molecule has 0 radical (unpaired) electrons. The van der Waals surface area contributed by atoms with Crippen LogP contribution in [0.2, 0.25) is 5.02 Å². The highest BCUT2D eigenvalue weighted by Crippen LogP contribution is 2.25. The molecule has 106 valence electrons. The Labute approximate surface area is 120 Å². The number of halogens is 1. The van der Waals surface area contributed by atoms with E-state index in [0.717, 1.165) is 12.8 Å². The first-order valence-corrected chi connectivity index (χ1v) is 7.08. The SMILES string of the molecule is CC(C)CCCC(C)Nc1cccc(Cl)c1C(=O)O. The van der Waals surface area contributed by atoms with Crippen molar-refractivity contribution in [1.82, 2.24) is 0 Å². The zero-order valence-corrected chi connectivity index (χ0v) is 12.5. The Bertz CT molecular complexity index is 432. The molecule has 19 heavy (non-hydrogen) atoms. The van der Waals surface area contributed by atoms with E-state index in [1.54, 1.807) is 18.2 Å². The molecular weight excluding hydrogens is 262 g/mol. The smallest absolute Gasteiger partial charge is 0.339 e. The second kappa shape index (κ2) is 7.39. The van der Waals surface area contributed by atoms with E-state index in [1.165, 1.54) is 6.42 Å². The molecule has 0 heterocycles. The van der Waals surface area contributed by atoms with E-state index in [1.807, 2.05) is 0 Å². The molecule has 0 aliphatic rings. The van der Waals surface area contributed by atoms with Crippen LogP contribution in [0.3, 0.4) is 0 Å². The van der Waals surface area contributed by atoms with E-state index >= 15 is 0 Å². The van der Waals surface area contributed by atoms with Gasteiger partial charge in [0.15, 0.2) is 0 Å². The fourth-order valence-electron chi connectivity index (χ4n) is 2.03. The molecule has 0 bridgehead atoms. The molecule has 1 aromatic carbocycles. The number of carbonyl (C=O) groups is 1. The van der Waals surface area contributed by atoms with E-state index in [0.29, 0.717) is 11.6 Å². The average Bonchev–Trinajstić information content (AvgIpc) is 2.27. The number of hydrogen-bond acceptors (Lipinski definition) is 2. The van der Waals surface area contributed by atoms with E-state index in [2.05, 4.69) is 26.1 Å². The van der Waals surface area contributed by atoms with E-state index in [4.69, 9.17) is 11.6 Å². The maximum Gasteiger partial charge on any atom is 0.339 e. The average molecular weight is 284 g/mol. The highest BCUT2D eigenvalue weighted by molar-refractivity contribution is 6.34. The van der Waals surface area contributed by atoms with Crippen molar-refractivity contribution in [2.45, 2.75) is 46.1 Å². The number of carboxylic acid groups (broad SMARTS) is 1. The molecule has 1 aromatic rings. The topological polar surface area (TPSA) is 49.3 Å². The van der Waals surface area contributed by atoms with Crippen LogP contribution in [-0.2, 0) is 0 Å². The lowest BCUT2D eigenvalue weighted by Crippen LogP contribution is -2.17. The number of rotatable bonds is 7. The van der Waals surface area contributed by atoms with Gasteiger partial charge >= 0.3 is 5.97 Å². The van der Waals surface area contributed by atoms with Crippen LogP contribution >= 0.6 is 11.6 Å². The minimum absolute atomic E-state index is 0.153. The predicted molar refractivity (Wildman–Crippen MR) is 80.2 cm³/mol. The number of hydrogen-bond donors (Lipinski definition) is 2. The summed E-state index contributed by atoms with van der Waals surface area (Å²) in [6.07, 6.45) is 3.34. The Morgan fingerprint density at radius 1 is 1.32 bits per heavy atom. The zero-order valence-electron chi connectivity index (χ0n) is 11.7. The lowest BCUT2D eigenvalue weighted by atomic mass is 10.0. The summed E-state index contributed by atoms with van der Waals surface area (Å²) >= 11 is 5.93. The maximum atomic E-state index is 11.2. The first-order valence-electron chi connectivity index (χ1n) is 6.70. The molecule has 0 aromatic heterocycles. The summed E-state index contributed by atoms with van der Waals surface area (Å²) < 4.78 is 0. The van der Waals surface area contributed by atoms with Crippen LogP contribution in [0, 0.1) is 5.92 Å². The first-order chi connectivity index (χ1) is 8.91. The molecule has 1 atom stereocenters. The van der Waals surface area contributed by atoms with Crippen molar-refractivity contribution >= 4 is 23.3 Å². The molecular formula is C15H22ClNO2. The Kier molecular flexibility index (Phi) is 6.16. The van der Waals surface area contributed by atoms with Gasteiger partial charge in [0.05, 0.1) is 10.7 Å². The quantitative estimate of drug-likeness (QED) is 0.765. The van der Waals surface area contributed by atoms with Crippen molar-refractivity contribution in [2.75, 3.05) is 5.32 Å². The van der Waals surface area contributed by atoms with E-state index < -0.39 is 5.97 Å². The van der Waals surface area contributed by atoms with E-state index in [-0.39, 0.29) is 16.6 Å². The van der Waals surface area contributed by atoms with Crippen molar-refractivity contribution in [2.24, 2.45) is 5.92 Å². The minimum atomic E-state index is -0.998. The second-order valence-electron chi connectivity index (χ2n) is 5.34. The van der Waals surface area contributed by atoms with Gasteiger partial charge in [-0.1, -0.05) is 44.4 Å². The molecule has 0 saturated carbocycles. The third kappa shape index (κ3) is 5.11. The Hall–Kier alpha value is -1.22. The monoisotopic (exact) mass is 283 g/mol. The molecule has 0 aliphatic heterocycles. The van der Waals surface area contributed by atoms with Crippen molar-refractivity contribution in [3.05, 3.63) is 28.8 Å². The lowest BCUT2D eigenvalue weighted by Gasteiger charge is -2.17. The van der Waals surface area contributed by atoms with Crippen molar-refractivity contribution in [3.8, 4) is 0 Å². The molecule has 0 amide bonds. The first kappa shape index (κ1) is 15.8. The molecule has 1 unspecified atom stereocenters. The maximum absolute atomic E-state index is 11.2. The third-order valence-electron chi connectivity index (χ3n) is 3.05. The summed E-state index contributed by atoms with van der Waals surface area (Å²) in [4.78, 5) is 11.2. The highest BCUT2D eigenvalue weighted by Gasteiger charge is 2.15. The molecule has 3 nitrogen and oxygen atoms in total. The van der Waals surface area contributed by atoms with Crippen LogP contribution in [0.15, 0.2) is 18.2 Å². The van der Waals surface area contributed by atoms with Gasteiger partial charge in [-0.2, -0.15) is 0 Å². The van der Waals surface area contributed by atoms with Gasteiger partial charge in [0.1, 0.15) is 5.56 Å². The molecule has 0 spiro atoms. The summed E-state index contributed by atoms with van der Waals surface area (Å²) in [7, 11) is 0. The van der Waals surface area contributed by atoms with E-state index in [9.17, 15) is 9.90 Å². The molecule has 4 heteroatoms. The van der Waals surface area contributed by atoms with Crippen molar-refractivity contribution in [1.29, 1.82) is 0 Å². The van der Waals surface area contributed by atoms with Crippen molar-refractivity contribution in [3.63, 3.8) is 0 Å². The normalized spacial score (nSPS) is 12.5. The lowest BCUT2D eigenvalue weighted by molar-refractivity contribution is 0.0698. The minimum Gasteiger partial charge on any atom is -0.478 e. The number of aromatic carboxylic acids is 1. The van der Waals surface area contributed by atoms with Crippen LogP contribution in [0.1, 0.15) is 50.4 Å². The van der Waals surface area contributed by atoms with Crippen LogP contribution in [0.4, 0.5) is 5.69 Å². The molecule has 1 rings (SSSR count). The van der Waals surface area contributed by atoms with Crippen LogP contribution < -0.4 is 5.32 Å². The molecule has 0 fully saturated rings. The van der Waals surface area contributed by atoms with Crippen LogP contribution in [-0.4, -0.2) is 17.1 Å². The van der Waals surface area contributed by atoms with Gasteiger partial charge in [-0.15, -0.1) is 0 Å². The number of benzene rings is 1. The van der Waals surface area contributed by atoms with Gasteiger partial charge in [-0.05, 0) is 31.4 Å². The molecule has 2 N–H and O–H groups in total. The molecule has 0 aliphatic carbocycles. The zero-order chi connectivity index (χ0) is 14.4. The predicted octanol–water partition coefficient (Wildman–Crippen LogP) is 4.66. The summed E-state index contributed by atoms with van der Waals surface area (Å²) in [5, 5.41) is 12.7. The van der Waals surface area contributed by atoms with Gasteiger partial charge in [-0.3, -0.25) is 0 Å². The summed E-state index contributed by atoms with van der Waals surface area (Å²) in [6, 6.07) is 5.35. The summed E-state index contributed by atoms with van der Waals surface area (Å²) in [6.45, 7) is 6.47. The Balaban J connectivity index is 2.66. The number of carboxylic acids is 1. The Morgan fingerprint density at radius 2 is 2.00 bits per heavy atom. The van der Waals surface area contributed by atoms with Gasteiger partial charge in [-0.25, -0.2) is 4.79 Å². The van der Waals surface area contributed by atoms with Gasteiger partial charge < -0.3 is 10.4 Å². The number of nitrogens with one attached hydrogen (secondary N) is 1. The van der Waals surface area contributed by atoms with Crippen LogP contribution in [0.5, 0.6) is 0 Å². The fraction of sp³-hybridized carbons (Fsp3) is 0.533. The fourth-order valence-corrected chi connectivity index (χ4v) is 2.29. The standard InChI is InChI=1S/C15H22ClNO2/c1-10(2)6-4-7-11(3)17-13-9-5-8-12(16)14(13)15(18)19/h5,8-11,17H,4,6-7H2,1-3H3,(H,18,19). The summed E-state index contributed by atoms with van der Waals surface area (Å²) in [5.74, 6) is -0.296. The van der Waals surface area contributed by atoms with Crippen LogP contribution in [0.25, 0.3) is 0 Å². The molecule has 0 saturated heterocycles. The number of anilines is 1. The van der Waals surface area contributed by atoms with Gasteiger partial charge in [0, 0.05) is 6.04 Å². The van der Waals surface area contributed by atoms with Gasteiger partial charge in [0.25, 0.3) is 0 Å². The highest BCUT2D eigenvalue weighted by atomic mass is 35.5. The second-order valence-corrected chi connectivity index (χ2v) is 5.74. The van der Waals surface area contributed by atoms with Gasteiger partial charge in [0.2, 0.25) is 0 Å². The third-order valence-corrected chi connectivity index (χ3v) is 3.36. The Morgan fingerprint density at radius 3 is 2.58 bits per heavy atom. The largest absolute Gasteiger partial charge is 0.478 e. The van der Waals surface area contributed by atoms with Crippen molar-refractivity contribution < 1.29 is 9.90 Å². The summed E-state index contributed by atoms with van der Waals surface area (Å²) in [5.41, 5.74) is 0.747.